The van der Waals surface area contributed by atoms with E-state index in [9.17, 15) is 18.3 Å². The van der Waals surface area contributed by atoms with Crippen molar-refractivity contribution in [1.82, 2.24) is 0 Å². The number of sulfone groups is 1. The van der Waals surface area contributed by atoms with E-state index in [1.165, 1.54) is 7.11 Å². The Kier molecular flexibility index (Phi) is 4.00. The average Bonchev–Trinajstić information content (AvgIpc) is 2.96. The summed E-state index contributed by atoms with van der Waals surface area (Å²) in [6.45, 7) is 0. The number of carboxylic acid groups (broad SMARTS) is 1. The highest BCUT2D eigenvalue weighted by molar-refractivity contribution is 7.92. The van der Waals surface area contributed by atoms with Crippen LogP contribution in [0.5, 0.6) is 11.5 Å². The summed E-state index contributed by atoms with van der Waals surface area (Å²) in [7, 11) is -1.48. The van der Waals surface area contributed by atoms with Gasteiger partial charge in [0.1, 0.15) is 6.10 Å². The molecule has 0 unspecified atom stereocenters. The predicted octanol–water partition coefficient (Wildman–Crippen LogP) is 1.77. The van der Waals surface area contributed by atoms with E-state index in [0.717, 1.165) is 12.8 Å². The Morgan fingerprint density at radius 1 is 1.22 bits per heavy atom. The maximum atomic E-state index is 11.8. The van der Waals surface area contributed by atoms with Gasteiger partial charge in [0.05, 0.1) is 24.0 Å². The third kappa shape index (κ3) is 2.89. The monoisotopic (exact) mass is 340 g/mol. The fraction of sp³-hybridized carbons (Fsp3) is 0.562. The maximum Gasteiger partial charge on any atom is 0.314 e. The number of carboxylic acids is 1. The molecule has 1 N–H and O–H groups in total. The molecule has 1 aliphatic carbocycles. The largest absolute Gasteiger partial charge is 0.493 e. The van der Waals surface area contributed by atoms with Crippen molar-refractivity contribution < 1.29 is 27.8 Å². The van der Waals surface area contributed by atoms with Gasteiger partial charge in [0.2, 0.25) is 0 Å². The third-order valence-corrected chi connectivity index (χ3v) is 6.52. The molecule has 0 atom stereocenters. The minimum Gasteiger partial charge on any atom is -0.493 e. The summed E-state index contributed by atoms with van der Waals surface area (Å²) in [5.41, 5.74) is -0.184. The minimum atomic E-state index is -2.98. The molecule has 6 nitrogen and oxygen atoms in total. The van der Waals surface area contributed by atoms with Gasteiger partial charge in [-0.15, -0.1) is 0 Å². The number of ether oxygens (including phenoxy) is 2. The molecule has 23 heavy (non-hydrogen) atoms. The van der Waals surface area contributed by atoms with E-state index in [1.54, 1.807) is 18.2 Å². The first-order chi connectivity index (χ1) is 10.9. The molecule has 7 heteroatoms. The van der Waals surface area contributed by atoms with Gasteiger partial charge in [0.15, 0.2) is 21.3 Å². The third-order valence-electron chi connectivity index (χ3n) is 4.76. The molecule has 126 valence electrons. The zero-order valence-electron chi connectivity index (χ0n) is 12.9. The van der Waals surface area contributed by atoms with Crippen molar-refractivity contribution in [3.8, 4) is 11.5 Å². The molecule has 2 aliphatic rings. The van der Waals surface area contributed by atoms with Crippen LogP contribution < -0.4 is 9.47 Å². The first-order valence-corrected chi connectivity index (χ1v) is 9.47. The van der Waals surface area contributed by atoms with Gasteiger partial charge < -0.3 is 14.6 Å². The van der Waals surface area contributed by atoms with E-state index in [0.29, 0.717) is 29.9 Å². The molecule has 0 aromatic heterocycles. The van der Waals surface area contributed by atoms with E-state index in [-0.39, 0.29) is 11.5 Å². The van der Waals surface area contributed by atoms with Crippen molar-refractivity contribution in [2.75, 3.05) is 18.6 Å². The van der Waals surface area contributed by atoms with Crippen LogP contribution in [0, 0.1) is 0 Å². The fourth-order valence-electron chi connectivity index (χ4n) is 3.44. The fourth-order valence-corrected chi connectivity index (χ4v) is 4.61. The standard InChI is InChI=1S/C16H20O6S/c1-21-13-5-4-11(16(15(17)18)6-2-3-7-16)8-14(13)22-12-9-23(19,20)10-12/h4-5,8,12H,2-3,6-7,9-10H2,1H3,(H,17,18). The highest BCUT2D eigenvalue weighted by Crippen LogP contribution is 2.44. The predicted molar refractivity (Wildman–Crippen MR) is 83.8 cm³/mol. The van der Waals surface area contributed by atoms with Gasteiger partial charge in [0, 0.05) is 0 Å². The van der Waals surface area contributed by atoms with Gasteiger partial charge in [-0.3, -0.25) is 4.79 Å². The summed E-state index contributed by atoms with van der Waals surface area (Å²) in [5, 5.41) is 9.69. The summed E-state index contributed by atoms with van der Waals surface area (Å²) in [5.74, 6) is 0.0564. The van der Waals surface area contributed by atoms with E-state index in [4.69, 9.17) is 9.47 Å². The van der Waals surface area contributed by atoms with Gasteiger partial charge in [-0.05, 0) is 30.5 Å². The molecular formula is C16H20O6S. The van der Waals surface area contributed by atoms with Crippen LogP contribution in [0.25, 0.3) is 0 Å². The number of rotatable bonds is 5. The van der Waals surface area contributed by atoms with E-state index in [1.807, 2.05) is 0 Å². The second-order valence-corrected chi connectivity index (χ2v) is 8.43. The molecule has 0 amide bonds. The molecule has 1 heterocycles. The lowest BCUT2D eigenvalue weighted by Crippen LogP contribution is -2.45. The zero-order valence-corrected chi connectivity index (χ0v) is 13.8. The number of hydrogen-bond donors (Lipinski definition) is 1. The number of methoxy groups -OCH3 is 1. The minimum absolute atomic E-state index is 0.00947. The Morgan fingerprint density at radius 3 is 2.39 bits per heavy atom. The van der Waals surface area contributed by atoms with Gasteiger partial charge >= 0.3 is 5.97 Å². The summed E-state index contributed by atoms with van der Waals surface area (Å²) < 4.78 is 33.5. The van der Waals surface area contributed by atoms with E-state index >= 15 is 0 Å². The summed E-state index contributed by atoms with van der Waals surface area (Å²) in [6, 6.07) is 5.16. The van der Waals surface area contributed by atoms with Crippen LogP contribution >= 0.6 is 0 Å². The first-order valence-electron chi connectivity index (χ1n) is 7.65. The number of benzene rings is 1. The van der Waals surface area contributed by atoms with Crippen LogP contribution in [0.3, 0.4) is 0 Å². The number of carbonyl (C=O) groups is 1. The van der Waals surface area contributed by atoms with Gasteiger partial charge in [-0.25, -0.2) is 8.42 Å². The topological polar surface area (TPSA) is 89.9 Å². The van der Waals surface area contributed by atoms with Gasteiger partial charge in [-0.1, -0.05) is 18.9 Å². The lowest BCUT2D eigenvalue weighted by molar-refractivity contribution is -0.143. The van der Waals surface area contributed by atoms with Crippen LogP contribution in [0.1, 0.15) is 31.2 Å². The molecular weight excluding hydrogens is 320 g/mol. The molecule has 0 spiro atoms. The Morgan fingerprint density at radius 2 is 1.87 bits per heavy atom. The van der Waals surface area contributed by atoms with E-state index in [2.05, 4.69) is 0 Å². The molecule has 0 bridgehead atoms. The lowest BCUT2D eigenvalue weighted by Gasteiger charge is -2.29. The van der Waals surface area contributed by atoms with Crippen molar-refractivity contribution in [3.63, 3.8) is 0 Å². The van der Waals surface area contributed by atoms with Crippen molar-refractivity contribution in [2.24, 2.45) is 0 Å². The Balaban J connectivity index is 1.91. The second kappa shape index (κ2) is 5.70. The molecule has 0 radical (unpaired) electrons. The van der Waals surface area contributed by atoms with E-state index < -0.39 is 27.3 Å². The van der Waals surface area contributed by atoms with Crippen LogP contribution in [0.2, 0.25) is 0 Å². The van der Waals surface area contributed by atoms with Crippen LogP contribution in [-0.2, 0) is 20.0 Å². The summed E-state index contributed by atoms with van der Waals surface area (Å²) >= 11 is 0. The molecule has 2 fully saturated rings. The summed E-state index contributed by atoms with van der Waals surface area (Å²) in [4.78, 5) is 11.8. The highest BCUT2D eigenvalue weighted by Gasteiger charge is 2.43. The lowest BCUT2D eigenvalue weighted by atomic mass is 9.79. The van der Waals surface area contributed by atoms with Crippen molar-refractivity contribution in [1.29, 1.82) is 0 Å². The van der Waals surface area contributed by atoms with Crippen LogP contribution in [-0.4, -0.2) is 44.2 Å². The Hall–Kier alpha value is -1.76. The van der Waals surface area contributed by atoms with Crippen molar-refractivity contribution >= 4 is 15.8 Å². The normalized spacial score (nSPS) is 22.3. The molecule has 1 aromatic carbocycles. The smallest absolute Gasteiger partial charge is 0.314 e. The average molecular weight is 340 g/mol. The van der Waals surface area contributed by atoms with Crippen LogP contribution in [0.15, 0.2) is 18.2 Å². The molecule has 1 aliphatic heterocycles. The second-order valence-electron chi connectivity index (χ2n) is 6.28. The van der Waals surface area contributed by atoms with Gasteiger partial charge in [0.25, 0.3) is 0 Å². The number of hydrogen-bond acceptors (Lipinski definition) is 5. The maximum absolute atomic E-state index is 11.8. The number of aliphatic carboxylic acids is 1. The quantitative estimate of drug-likeness (QED) is 0.878. The van der Waals surface area contributed by atoms with Crippen LogP contribution in [0.4, 0.5) is 0 Å². The summed E-state index contributed by atoms with van der Waals surface area (Å²) in [6.07, 6.45) is 2.58. The first kappa shape index (κ1) is 16.1. The Labute approximate surface area is 135 Å². The molecule has 3 rings (SSSR count). The Bertz CT molecular complexity index is 706. The molecule has 1 aromatic rings. The highest BCUT2D eigenvalue weighted by atomic mass is 32.2. The zero-order chi connectivity index (χ0) is 16.7. The van der Waals surface area contributed by atoms with Crippen molar-refractivity contribution in [3.05, 3.63) is 23.8 Å². The SMILES string of the molecule is COc1ccc(C2(C(=O)O)CCCC2)cc1OC1CS(=O)(=O)C1. The molecule has 1 saturated heterocycles. The van der Waals surface area contributed by atoms with Gasteiger partial charge in [-0.2, -0.15) is 0 Å². The molecule has 1 saturated carbocycles. The van der Waals surface area contributed by atoms with Crippen molar-refractivity contribution in [2.45, 2.75) is 37.2 Å².